The highest BCUT2D eigenvalue weighted by Gasteiger charge is 2.27. The molecule has 1 amide bonds. The molecule has 1 atom stereocenters. The number of nitrogens with one attached hydrogen (secondary N) is 1. The van der Waals surface area contributed by atoms with Gasteiger partial charge in [0.2, 0.25) is 5.91 Å². The average molecular weight is 248 g/mol. The Balaban J connectivity index is 1.75. The summed E-state index contributed by atoms with van der Waals surface area (Å²) in [6.07, 6.45) is 2.01. The molecule has 1 fully saturated rings. The monoisotopic (exact) mass is 248 g/mol. The molecular weight excluding hydrogens is 232 g/mol. The van der Waals surface area contributed by atoms with Gasteiger partial charge in [-0.05, 0) is 6.07 Å². The van der Waals surface area contributed by atoms with Crippen LogP contribution in [0.15, 0.2) is 18.2 Å². The molecule has 5 nitrogen and oxygen atoms in total. The van der Waals surface area contributed by atoms with Crippen molar-refractivity contribution < 1.29 is 14.3 Å². The smallest absolute Gasteiger partial charge is 0.245 e. The van der Waals surface area contributed by atoms with E-state index in [-0.39, 0.29) is 12.0 Å². The molecule has 0 aromatic heterocycles. The highest BCUT2D eigenvalue weighted by Crippen LogP contribution is 2.33. The van der Waals surface area contributed by atoms with Crippen LogP contribution in [-0.4, -0.2) is 25.2 Å². The number of hydrogen-bond donors (Lipinski definition) is 2. The molecule has 2 aliphatic rings. The van der Waals surface area contributed by atoms with Crippen molar-refractivity contribution in [1.82, 2.24) is 0 Å². The summed E-state index contributed by atoms with van der Waals surface area (Å²) in [6, 6.07) is 5.01. The minimum Gasteiger partial charge on any atom is -0.490 e. The normalized spacial score (nSPS) is 23.6. The molecule has 96 valence electrons. The van der Waals surface area contributed by atoms with Crippen molar-refractivity contribution in [2.75, 3.05) is 18.5 Å². The maximum atomic E-state index is 11.4. The van der Waals surface area contributed by atoms with Gasteiger partial charge in [0.1, 0.15) is 17.9 Å². The van der Waals surface area contributed by atoms with Gasteiger partial charge in [-0.2, -0.15) is 0 Å². The van der Waals surface area contributed by atoms with Gasteiger partial charge in [-0.15, -0.1) is 0 Å². The van der Waals surface area contributed by atoms with Crippen LogP contribution in [0.5, 0.6) is 5.75 Å². The summed E-state index contributed by atoms with van der Waals surface area (Å²) in [5.74, 6) is 0.614. The highest BCUT2D eigenvalue weighted by molar-refractivity contribution is 6.02. The lowest BCUT2D eigenvalue weighted by atomic mass is 10.1. The molecular formula is C13H16N2O3. The van der Waals surface area contributed by atoms with Gasteiger partial charge in [0, 0.05) is 30.2 Å². The maximum absolute atomic E-state index is 11.4. The largest absolute Gasteiger partial charge is 0.490 e. The fourth-order valence-electron chi connectivity index (χ4n) is 2.33. The van der Waals surface area contributed by atoms with Crippen molar-refractivity contribution in [2.24, 2.45) is 5.73 Å². The number of anilines is 1. The molecule has 3 N–H and O–H groups in total. The van der Waals surface area contributed by atoms with Crippen molar-refractivity contribution in [2.45, 2.75) is 25.0 Å². The quantitative estimate of drug-likeness (QED) is 0.824. The number of hydrogen-bond acceptors (Lipinski definition) is 4. The van der Waals surface area contributed by atoms with Crippen LogP contribution in [-0.2, 0) is 9.53 Å². The van der Waals surface area contributed by atoms with Crippen LogP contribution in [0.3, 0.4) is 0 Å². The SMILES string of the molecule is NC1C(=O)Nc2cc(OC3CCOCC3)ccc21. The number of ether oxygens (including phenoxy) is 2. The standard InChI is InChI=1S/C13H16N2O3/c14-12-10-2-1-9(7-11(10)15-13(12)16)18-8-3-5-17-6-4-8/h1-2,7-8,12H,3-6,14H2,(H,15,16). The second-order valence-electron chi connectivity index (χ2n) is 4.65. The van der Waals surface area contributed by atoms with Crippen LogP contribution in [0.2, 0.25) is 0 Å². The third-order valence-electron chi connectivity index (χ3n) is 3.37. The lowest BCUT2D eigenvalue weighted by Crippen LogP contribution is -2.25. The van der Waals surface area contributed by atoms with Crippen molar-refractivity contribution in [3.63, 3.8) is 0 Å². The second kappa shape index (κ2) is 4.59. The summed E-state index contributed by atoms with van der Waals surface area (Å²) in [5, 5.41) is 2.76. The number of benzene rings is 1. The molecule has 18 heavy (non-hydrogen) atoms. The minimum atomic E-state index is -0.558. The maximum Gasteiger partial charge on any atom is 0.245 e. The molecule has 1 aromatic rings. The number of amides is 1. The Morgan fingerprint density at radius 3 is 2.89 bits per heavy atom. The molecule has 0 spiro atoms. The molecule has 5 heteroatoms. The highest BCUT2D eigenvalue weighted by atomic mass is 16.5. The first-order valence-corrected chi connectivity index (χ1v) is 6.19. The van der Waals surface area contributed by atoms with Crippen LogP contribution in [0.4, 0.5) is 5.69 Å². The first-order valence-electron chi connectivity index (χ1n) is 6.19. The molecule has 1 saturated heterocycles. The number of carbonyl (C=O) groups excluding carboxylic acids is 1. The summed E-state index contributed by atoms with van der Waals surface area (Å²) in [7, 11) is 0. The molecule has 3 rings (SSSR count). The minimum absolute atomic E-state index is 0.159. The Bertz CT molecular complexity index is 469. The molecule has 0 aliphatic carbocycles. The Hall–Kier alpha value is -1.59. The van der Waals surface area contributed by atoms with Gasteiger partial charge < -0.3 is 20.5 Å². The predicted molar refractivity (Wildman–Crippen MR) is 66.5 cm³/mol. The van der Waals surface area contributed by atoms with Gasteiger partial charge in [0.05, 0.1) is 13.2 Å². The van der Waals surface area contributed by atoms with Gasteiger partial charge in [0.25, 0.3) is 0 Å². The fourth-order valence-corrected chi connectivity index (χ4v) is 2.33. The van der Waals surface area contributed by atoms with Gasteiger partial charge >= 0.3 is 0 Å². The second-order valence-corrected chi connectivity index (χ2v) is 4.65. The molecule has 1 aromatic carbocycles. The van der Waals surface area contributed by atoms with Gasteiger partial charge in [-0.25, -0.2) is 0 Å². The fraction of sp³-hybridized carbons (Fsp3) is 0.462. The number of carbonyl (C=O) groups is 1. The Morgan fingerprint density at radius 2 is 2.11 bits per heavy atom. The van der Waals surface area contributed by atoms with E-state index < -0.39 is 6.04 Å². The number of fused-ring (bicyclic) bond motifs is 1. The van der Waals surface area contributed by atoms with E-state index in [1.54, 1.807) is 0 Å². The third kappa shape index (κ3) is 2.07. The summed E-state index contributed by atoms with van der Waals surface area (Å²) >= 11 is 0. The summed E-state index contributed by atoms with van der Waals surface area (Å²) in [5.41, 5.74) is 7.35. The Morgan fingerprint density at radius 1 is 1.33 bits per heavy atom. The van der Waals surface area contributed by atoms with Crippen LogP contribution in [0.25, 0.3) is 0 Å². The molecule has 0 bridgehead atoms. The average Bonchev–Trinajstić information content (AvgIpc) is 2.66. The predicted octanol–water partition coefficient (Wildman–Crippen LogP) is 1.20. The van der Waals surface area contributed by atoms with Crippen LogP contribution in [0, 0.1) is 0 Å². The summed E-state index contributed by atoms with van der Waals surface area (Å²) in [4.78, 5) is 11.4. The van der Waals surface area contributed by atoms with E-state index >= 15 is 0 Å². The Kier molecular flexibility index (Phi) is 2.93. The summed E-state index contributed by atoms with van der Waals surface area (Å²) in [6.45, 7) is 1.49. The molecule has 2 aliphatic heterocycles. The van der Waals surface area contributed by atoms with E-state index in [2.05, 4.69) is 5.32 Å². The van der Waals surface area contributed by atoms with E-state index in [0.29, 0.717) is 0 Å². The lowest BCUT2D eigenvalue weighted by molar-refractivity contribution is -0.116. The number of nitrogens with two attached hydrogens (primary N) is 1. The van der Waals surface area contributed by atoms with Crippen LogP contribution < -0.4 is 15.8 Å². The molecule has 0 saturated carbocycles. The van der Waals surface area contributed by atoms with Crippen molar-refractivity contribution in [3.05, 3.63) is 23.8 Å². The van der Waals surface area contributed by atoms with E-state index in [1.165, 1.54) is 0 Å². The van der Waals surface area contributed by atoms with Gasteiger partial charge in [0.15, 0.2) is 0 Å². The van der Waals surface area contributed by atoms with Crippen molar-refractivity contribution in [1.29, 1.82) is 0 Å². The van der Waals surface area contributed by atoms with E-state index in [1.807, 2.05) is 18.2 Å². The van der Waals surface area contributed by atoms with E-state index in [4.69, 9.17) is 15.2 Å². The zero-order valence-electron chi connectivity index (χ0n) is 10.0. The van der Waals surface area contributed by atoms with Gasteiger partial charge in [-0.3, -0.25) is 4.79 Å². The topological polar surface area (TPSA) is 73.6 Å². The van der Waals surface area contributed by atoms with Crippen molar-refractivity contribution >= 4 is 11.6 Å². The first kappa shape index (κ1) is 11.5. The lowest BCUT2D eigenvalue weighted by Gasteiger charge is -2.23. The molecule has 0 radical (unpaired) electrons. The summed E-state index contributed by atoms with van der Waals surface area (Å²) < 4.78 is 11.2. The van der Waals surface area contributed by atoms with Gasteiger partial charge in [-0.1, -0.05) is 6.07 Å². The first-order chi connectivity index (χ1) is 8.74. The Labute approximate surface area is 105 Å². The third-order valence-corrected chi connectivity index (χ3v) is 3.37. The van der Waals surface area contributed by atoms with E-state index in [0.717, 1.165) is 43.1 Å². The van der Waals surface area contributed by atoms with Crippen molar-refractivity contribution in [3.8, 4) is 5.75 Å². The van der Waals surface area contributed by atoms with Crippen LogP contribution >= 0.6 is 0 Å². The molecule has 1 unspecified atom stereocenters. The van der Waals surface area contributed by atoms with Crippen LogP contribution in [0.1, 0.15) is 24.4 Å². The zero-order chi connectivity index (χ0) is 12.5. The van der Waals surface area contributed by atoms with E-state index in [9.17, 15) is 4.79 Å². The zero-order valence-corrected chi connectivity index (χ0v) is 10.0. The molecule has 2 heterocycles. The number of rotatable bonds is 2.